The van der Waals surface area contributed by atoms with Crippen LogP contribution in [0.25, 0.3) is 22.7 Å². The van der Waals surface area contributed by atoms with E-state index in [2.05, 4.69) is 25.5 Å². The van der Waals surface area contributed by atoms with E-state index in [4.69, 9.17) is 9.84 Å². The Labute approximate surface area is 217 Å². The molecule has 38 heavy (non-hydrogen) atoms. The second kappa shape index (κ2) is 10.7. The number of nitro groups is 1. The summed E-state index contributed by atoms with van der Waals surface area (Å²) in [5.74, 6) is -0.520. The Morgan fingerprint density at radius 3 is 2.71 bits per heavy atom. The minimum Gasteiger partial charge on any atom is -0.477 e. The van der Waals surface area contributed by atoms with Crippen LogP contribution in [0.15, 0.2) is 54.9 Å². The highest BCUT2D eigenvalue weighted by atomic mass is 32.1. The van der Waals surface area contributed by atoms with Crippen LogP contribution in [-0.4, -0.2) is 58.7 Å². The molecule has 1 amide bonds. The van der Waals surface area contributed by atoms with Crippen molar-refractivity contribution >= 4 is 39.1 Å². The Balaban J connectivity index is 1.53. The molecule has 0 saturated heterocycles. The predicted molar refractivity (Wildman–Crippen MR) is 134 cm³/mol. The zero-order valence-electron chi connectivity index (χ0n) is 19.5. The lowest BCUT2D eigenvalue weighted by atomic mass is 10.3. The van der Waals surface area contributed by atoms with Crippen molar-refractivity contribution in [1.82, 2.24) is 29.5 Å². The van der Waals surface area contributed by atoms with E-state index in [1.807, 2.05) is 0 Å². The normalized spacial score (nSPS) is 11.1. The van der Waals surface area contributed by atoms with Crippen molar-refractivity contribution in [1.29, 1.82) is 0 Å². The Morgan fingerprint density at radius 2 is 1.97 bits per heavy atom. The van der Waals surface area contributed by atoms with E-state index in [1.54, 1.807) is 12.3 Å². The number of aliphatic hydroxyl groups is 1. The number of carbonyl (C=O) groups is 1. The summed E-state index contributed by atoms with van der Waals surface area (Å²) in [5, 5.41) is 31.5. The van der Waals surface area contributed by atoms with Crippen LogP contribution in [0.3, 0.4) is 0 Å². The number of halogens is 1. The van der Waals surface area contributed by atoms with Crippen LogP contribution in [0.4, 0.5) is 15.2 Å². The number of hydrogen-bond acceptors (Lipinski definition) is 10. The molecular weight excluding hydrogens is 519 g/mol. The van der Waals surface area contributed by atoms with E-state index in [-0.39, 0.29) is 28.3 Å². The largest absolute Gasteiger partial charge is 0.477 e. The molecular formula is C23H19FN8O5S. The van der Waals surface area contributed by atoms with Gasteiger partial charge in [-0.25, -0.2) is 13.8 Å². The van der Waals surface area contributed by atoms with Crippen LogP contribution in [0, 0.1) is 15.9 Å². The summed E-state index contributed by atoms with van der Waals surface area (Å²) >= 11 is 0.731. The molecule has 0 aliphatic heterocycles. The van der Waals surface area contributed by atoms with Crippen LogP contribution in [-0.2, 0) is 0 Å². The molecule has 2 N–H and O–H groups in total. The Kier molecular flexibility index (Phi) is 7.01. The number of rotatable bonds is 10. The number of amides is 1. The number of aromatic nitrogens is 6. The molecule has 5 aromatic rings. The number of nitrogens with one attached hydrogen (secondary N) is 1. The molecule has 194 valence electrons. The third-order valence-corrected chi connectivity index (χ3v) is 6.32. The van der Waals surface area contributed by atoms with E-state index in [0.29, 0.717) is 42.0 Å². The lowest BCUT2D eigenvalue weighted by molar-refractivity contribution is -0.380. The number of carbonyl (C=O) groups excluding carboxylic acids is 1. The summed E-state index contributed by atoms with van der Waals surface area (Å²) < 4.78 is 21.9. The fourth-order valence-corrected chi connectivity index (χ4v) is 4.18. The average Bonchev–Trinajstić information content (AvgIpc) is 3.67. The van der Waals surface area contributed by atoms with Gasteiger partial charge in [-0.3, -0.25) is 14.9 Å². The monoisotopic (exact) mass is 538 g/mol. The maximum absolute atomic E-state index is 13.5. The number of ether oxygens (including phenoxy) is 1. The summed E-state index contributed by atoms with van der Waals surface area (Å²) in [6.45, 7) is 0.434. The summed E-state index contributed by atoms with van der Waals surface area (Å²) in [5.41, 5.74) is 0.820. The van der Waals surface area contributed by atoms with Gasteiger partial charge in [0, 0.05) is 24.9 Å². The molecule has 0 spiro atoms. The van der Waals surface area contributed by atoms with Gasteiger partial charge in [-0.2, -0.15) is 15.1 Å². The molecule has 0 aliphatic carbocycles. The fraction of sp³-hybridized carbons (Fsp3) is 0.174. The van der Waals surface area contributed by atoms with E-state index in [1.165, 1.54) is 52.0 Å². The van der Waals surface area contributed by atoms with Gasteiger partial charge in [0.2, 0.25) is 5.88 Å². The van der Waals surface area contributed by atoms with Gasteiger partial charge in [0.05, 0.1) is 33.7 Å². The van der Waals surface area contributed by atoms with Gasteiger partial charge in [0.1, 0.15) is 11.6 Å². The molecule has 0 unspecified atom stereocenters. The molecule has 1 aromatic carbocycles. The van der Waals surface area contributed by atoms with E-state index >= 15 is 0 Å². The van der Waals surface area contributed by atoms with Gasteiger partial charge in [-0.05, 0) is 43.2 Å². The van der Waals surface area contributed by atoms with Crippen LogP contribution < -0.4 is 10.1 Å². The second-order valence-electron chi connectivity index (χ2n) is 7.87. The second-order valence-corrected chi connectivity index (χ2v) is 8.93. The molecule has 0 aliphatic rings. The summed E-state index contributed by atoms with van der Waals surface area (Å²) in [6.07, 6.45) is 4.28. The van der Waals surface area contributed by atoms with Gasteiger partial charge in [-0.15, -0.1) is 5.10 Å². The van der Waals surface area contributed by atoms with Crippen molar-refractivity contribution < 1.29 is 24.0 Å². The highest BCUT2D eigenvalue weighted by Crippen LogP contribution is 2.28. The third-order valence-electron chi connectivity index (χ3n) is 5.29. The Morgan fingerprint density at radius 1 is 1.16 bits per heavy atom. The number of hydrogen-bond donors (Lipinski definition) is 2. The van der Waals surface area contributed by atoms with Crippen molar-refractivity contribution in [2.75, 3.05) is 18.5 Å². The maximum atomic E-state index is 13.5. The van der Waals surface area contributed by atoms with Gasteiger partial charge in [-0.1, -0.05) is 11.3 Å². The number of benzene rings is 1. The molecule has 0 saturated carbocycles. The van der Waals surface area contributed by atoms with Crippen LogP contribution in [0.1, 0.15) is 22.5 Å². The number of aliphatic hydroxyl groups excluding tert-OH is 1. The number of fused-ring (bicyclic) bond motifs is 1. The molecule has 0 fully saturated rings. The lowest BCUT2D eigenvalue weighted by Crippen LogP contribution is -2.14. The first-order valence-electron chi connectivity index (χ1n) is 11.3. The average molecular weight is 539 g/mol. The molecule has 13 nitrogen and oxygen atoms in total. The van der Waals surface area contributed by atoms with Crippen LogP contribution >= 0.6 is 11.3 Å². The van der Waals surface area contributed by atoms with E-state index in [9.17, 15) is 19.3 Å². The molecule has 4 heterocycles. The summed E-state index contributed by atoms with van der Waals surface area (Å²) in [7, 11) is 0. The molecule has 0 atom stereocenters. The number of thiophene rings is 1. The first-order chi connectivity index (χ1) is 18.4. The summed E-state index contributed by atoms with van der Waals surface area (Å²) in [6, 6.07) is 9.84. The minimum absolute atomic E-state index is 0.0701. The topological polar surface area (TPSA) is 163 Å². The highest BCUT2D eigenvalue weighted by molar-refractivity contribution is 7.17. The molecule has 5 rings (SSSR count). The Bertz CT molecular complexity index is 1610. The van der Waals surface area contributed by atoms with Gasteiger partial charge >= 0.3 is 5.00 Å². The van der Waals surface area contributed by atoms with Gasteiger partial charge < -0.3 is 15.2 Å². The smallest absolute Gasteiger partial charge is 0.324 e. The standard InChI is InChI=1S/C23H19FN8O5S/c24-14-3-5-15(6-4-14)31-21-16(13-25-31)20(26-22(34)17-7-8-19(38-17)32(35)36)27-23(28-21)30-10-9-18(29-30)37-12-2-1-11-33/h3-10,13,33H,1-2,11-12H2,(H,26,27,28,34). The van der Waals surface area contributed by atoms with E-state index in [0.717, 1.165) is 11.3 Å². The highest BCUT2D eigenvalue weighted by Gasteiger charge is 2.20. The van der Waals surface area contributed by atoms with Crippen molar-refractivity contribution in [2.24, 2.45) is 0 Å². The third kappa shape index (κ3) is 5.18. The zero-order valence-corrected chi connectivity index (χ0v) is 20.3. The first-order valence-corrected chi connectivity index (χ1v) is 12.1. The zero-order chi connectivity index (χ0) is 26.6. The number of nitrogens with zero attached hydrogens (tertiary/aromatic N) is 7. The quantitative estimate of drug-likeness (QED) is 0.154. The van der Waals surface area contributed by atoms with Crippen LogP contribution in [0.5, 0.6) is 5.88 Å². The number of unbranched alkanes of at least 4 members (excludes halogenated alkanes) is 1. The van der Waals surface area contributed by atoms with Crippen molar-refractivity contribution in [2.45, 2.75) is 12.8 Å². The van der Waals surface area contributed by atoms with Gasteiger partial charge in [0.25, 0.3) is 11.9 Å². The number of anilines is 1. The van der Waals surface area contributed by atoms with E-state index < -0.39 is 16.6 Å². The SMILES string of the molecule is O=C(Nc1nc(-n2ccc(OCCCCO)n2)nc2c1cnn2-c1ccc(F)cc1)c1ccc([N+](=O)[O-])s1. The predicted octanol–water partition coefficient (Wildman–Crippen LogP) is 3.51. The minimum atomic E-state index is -0.600. The summed E-state index contributed by atoms with van der Waals surface area (Å²) in [4.78, 5) is 32.5. The molecule has 0 bridgehead atoms. The van der Waals surface area contributed by atoms with Gasteiger partial charge in [0.15, 0.2) is 5.65 Å². The lowest BCUT2D eigenvalue weighted by Gasteiger charge is -2.09. The Hall–Kier alpha value is -4.76. The molecule has 4 aromatic heterocycles. The molecule has 15 heteroatoms. The van der Waals surface area contributed by atoms with Crippen molar-refractivity contribution in [3.8, 4) is 17.5 Å². The fourth-order valence-electron chi connectivity index (χ4n) is 3.47. The maximum Gasteiger partial charge on any atom is 0.324 e. The van der Waals surface area contributed by atoms with Crippen molar-refractivity contribution in [3.05, 3.63) is 75.7 Å². The van der Waals surface area contributed by atoms with Crippen molar-refractivity contribution in [3.63, 3.8) is 0 Å². The molecule has 0 radical (unpaired) electrons. The first kappa shape index (κ1) is 24.9. The van der Waals surface area contributed by atoms with Crippen LogP contribution in [0.2, 0.25) is 0 Å².